The third-order valence-electron chi connectivity index (χ3n) is 5.33. The molecular weight excluding hydrogens is 391 g/mol. The number of ether oxygens (including phenoxy) is 1. The zero-order valence-electron chi connectivity index (χ0n) is 16.7. The summed E-state index contributed by atoms with van der Waals surface area (Å²) in [6.45, 7) is 4.98. The lowest BCUT2D eigenvalue weighted by Gasteiger charge is -2.34. The lowest BCUT2D eigenvalue weighted by molar-refractivity contribution is -0.149. The summed E-state index contributed by atoms with van der Waals surface area (Å²) in [7, 11) is 0. The molecule has 4 nitrogen and oxygen atoms in total. The van der Waals surface area contributed by atoms with E-state index in [1.807, 2.05) is 31.2 Å². The van der Waals surface area contributed by atoms with Gasteiger partial charge in [-0.15, -0.1) is 0 Å². The number of hydrogen-bond acceptors (Lipinski definition) is 4. The number of carbonyl (C=O) groups excluding carboxylic acids is 1. The van der Waals surface area contributed by atoms with Gasteiger partial charge in [-0.1, -0.05) is 35.9 Å². The van der Waals surface area contributed by atoms with Gasteiger partial charge in [0.05, 0.1) is 12.5 Å². The lowest BCUT2D eigenvalue weighted by atomic mass is 9.93. The Morgan fingerprint density at radius 1 is 1.24 bits per heavy atom. The van der Waals surface area contributed by atoms with Crippen LogP contribution in [0.2, 0.25) is 5.02 Å². The summed E-state index contributed by atoms with van der Waals surface area (Å²) in [5.41, 5.74) is 8.66. The number of hydrogen-bond donors (Lipinski definition) is 1. The van der Waals surface area contributed by atoms with Gasteiger partial charge in [0, 0.05) is 23.2 Å². The van der Waals surface area contributed by atoms with Gasteiger partial charge in [0.2, 0.25) is 0 Å². The maximum absolute atomic E-state index is 14.1. The van der Waals surface area contributed by atoms with Crippen molar-refractivity contribution >= 4 is 17.6 Å². The molecule has 2 aromatic carbocycles. The van der Waals surface area contributed by atoms with Crippen molar-refractivity contribution in [1.82, 2.24) is 4.90 Å². The van der Waals surface area contributed by atoms with Crippen LogP contribution in [0.1, 0.15) is 25.3 Å². The van der Waals surface area contributed by atoms with Crippen LogP contribution in [-0.4, -0.2) is 43.2 Å². The number of likely N-dealkylation sites (tertiary alicyclic amines) is 1. The minimum absolute atomic E-state index is 0.153. The Balaban J connectivity index is 1.62. The van der Waals surface area contributed by atoms with Gasteiger partial charge in [-0.25, -0.2) is 4.39 Å². The van der Waals surface area contributed by atoms with E-state index in [1.165, 1.54) is 18.6 Å². The number of carbonyl (C=O) groups is 1. The molecule has 156 valence electrons. The summed E-state index contributed by atoms with van der Waals surface area (Å²) in [6, 6.07) is 12.0. The first kappa shape index (κ1) is 21.8. The summed E-state index contributed by atoms with van der Waals surface area (Å²) in [6.07, 6.45) is 2.41. The average molecular weight is 419 g/mol. The molecule has 0 unspecified atom stereocenters. The first-order valence-electron chi connectivity index (χ1n) is 10.1. The van der Waals surface area contributed by atoms with Crippen molar-refractivity contribution in [3.63, 3.8) is 0 Å². The van der Waals surface area contributed by atoms with Gasteiger partial charge in [-0.2, -0.15) is 0 Å². The van der Waals surface area contributed by atoms with Crippen molar-refractivity contribution in [3.05, 3.63) is 58.9 Å². The molecule has 1 saturated heterocycles. The standard InChI is InChI=1S/C23H28ClFN2O2/c1-2-29-23(28)18(15-27-10-3-11-27)13-20(26)12-16-4-6-17(7-5-16)21-14-19(24)8-9-22(21)25/h4-9,14,18,20H,2-3,10-13,15,26H2,1H3/t18-,20+/m0/s1. The Labute approximate surface area is 176 Å². The molecule has 6 heteroatoms. The minimum Gasteiger partial charge on any atom is -0.466 e. The maximum atomic E-state index is 14.1. The molecule has 1 fully saturated rings. The van der Waals surface area contributed by atoms with Crippen LogP contribution in [0.3, 0.4) is 0 Å². The Kier molecular flexibility index (Phi) is 7.64. The van der Waals surface area contributed by atoms with Gasteiger partial charge in [0.25, 0.3) is 0 Å². The summed E-state index contributed by atoms with van der Waals surface area (Å²) < 4.78 is 19.3. The van der Waals surface area contributed by atoms with E-state index < -0.39 is 0 Å². The van der Waals surface area contributed by atoms with Gasteiger partial charge >= 0.3 is 5.97 Å². The predicted octanol–water partition coefficient (Wildman–Crippen LogP) is 4.29. The van der Waals surface area contributed by atoms with Crippen molar-refractivity contribution < 1.29 is 13.9 Å². The fourth-order valence-electron chi connectivity index (χ4n) is 3.67. The van der Waals surface area contributed by atoms with Crippen molar-refractivity contribution in [1.29, 1.82) is 0 Å². The molecule has 0 bridgehead atoms. The number of nitrogens with zero attached hydrogens (tertiary/aromatic N) is 1. The summed E-state index contributed by atoms with van der Waals surface area (Å²) in [5, 5.41) is 0.500. The zero-order valence-corrected chi connectivity index (χ0v) is 17.5. The van der Waals surface area contributed by atoms with Crippen LogP contribution in [0.4, 0.5) is 4.39 Å². The Morgan fingerprint density at radius 2 is 1.97 bits per heavy atom. The highest BCUT2D eigenvalue weighted by atomic mass is 35.5. The van der Waals surface area contributed by atoms with Crippen LogP contribution in [0.5, 0.6) is 0 Å². The van der Waals surface area contributed by atoms with Crippen LogP contribution < -0.4 is 5.73 Å². The molecule has 2 atom stereocenters. The molecule has 1 aliphatic heterocycles. The normalized spacial score (nSPS) is 16.1. The largest absolute Gasteiger partial charge is 0.466 e. The number of esters is 1. The number of rotatable bonds is 9. The molecule has 0 aromatic heterocycles. The van der Waals surface area contributed by atoms with Crippen molar-refractivity contribution in [2.45, 2.75) is 32.2 Å². The molecule has 2 N–H and O–H groups in total. The summed E-state index contributed by atoms with van der Waals surface area (Å²) in [4.78, 5) is 14.6. The van der Waals surface area contributed by atoms with Crippen LogP contribution in [0, 0.1) is 11.7 Å². The SMILES string of the molecule is CCOC(=O)[C@@H](C[C@H](N)Cc1ccc(-c2cc(Cl)ccc2F)cc1)CN1CCC1. The third-order valence-corrected chi connectivity index (χ3v) is 5.56. The molecule has 3 rings (SSSR count). The van der Waals surface area contributed by atoms with Gasteiger partial charge < -0.3 is 15.4 Å². The van der Waals surface area contributed by atoms with E-state index in [-0.39, 0.29) is 23.7 Å². The Bertz CT molecular complexity index is 824. The molecule has 29 heavy (non-hydrogen) atoms. The fourth-order valence-corrected chi connectivity index (χ4v) is 3.84. The molecule has 1 heterocycles. The fraction of sp³-hybridized carbons (Fsp3) is 0.435. The van der Waals surface area contributed by atoms with Crippen molar-refractivity contribution in [3.8, 4) is 11.1 Å². The number of nitrogens with two attached hydrogens (primary N) is 1. The van der Waals surface area contributed by atoms with Crippen LogP contribution in [0.15, 0.2) is 42.5 Å². The zero-order chi connectivity index (χ0) is 20.8. The van der Waals surface area contributed by atoms with Crippen molar-refractivity contribution in [2.75, 3.05) is 26.2 Å². The molecule has 0 saturated carbocycles. The van der Waals surface area contributed by atoms with Gasteiger partial charge in [0.1, 0.15) is 5.82 Å². The van der Waals surface area contributed by atoms with Gasteiger partial charge in [0.15, 0.2) is 0 Å². The van der Waals surface area contributed by atoms with Crippen LogP contribution in [-0.2, 0) is 16.0 Å². The third kappa shape index (κ3) is 6.01. The second-order valence-electron chi connectivity index (χ2n) is 7.62. The average Bonchev–Trinajstić information content (AvgIpc) is 2.66. The second-order valence-corrected chi connectivity index (χ2v) is 8.06. The van der Waals surface area contributed by atoms with Crippen molar-refractivity contribution in [2.24, 2.45) is 11.7 Å². The maximum Gasteiger partial charge on any atom is 0.310 e. The molecule has 0 radical (unpaired) electrons. The molecule has 1 aliphatic rings. The van der Waals surface area contributed by atoms with Crippen LogP contribution in [0.25, 0.3) is 11.1 Å². The monoisotopic (exact) mass is 418 g/mol. The highest BCUT2D eigenvalue weighted by molar-refractivity contribution is 6.30. The van der Waals surface area contributed by atoms with Gasteiger partial charge in [-0.3, -0.25) is 4.79 Å². The molecule has 2 aromatic rings. The lowest BCUT2D eigenvalue weighted by Crippen LogP contribution is -2.44. The first-order chi connectivity index (χ1) is 14.0. The topological polar surface area (TPSA) is 55.6 Å². The second kappa shape index (κ2) is 10.2. The molecular formula is C23H28ClFN2O2. The minimum atomic E-state index is -0.304. The number of halogens is 2. The smallest absolute Gasteiger partial charge is 0.310 e. The molecule has 0 amide bonds. The molecule has 0 spiro atoms. The highest BCUT2D eigenvalue weighted by Gasteiger charge is 2.27. The van der Waals surface area contributed by atoms with E-state index >= 15 is 0 Å². The predicted molar refractivity (Wildman–Crippen MR) is 114 cm³/mol. The quantitative estimate of drug-likeness (QED) is 0.617. The summed E-state index contributed by atoms with van der Waals surface area (Å²) >= 11 is 5.99. The Morgan fingerprint density at radius 3 is 2.59 bits per heavy atom. The Hall–Kier alpha value is -1.95. The molecule has 0 aliphatic carbocycles. The van der Waals surface area contributed by atoms with E-state index in [2.05, 4.69) is 4.90 Å². The first-order valence-corrected chi connectivity index (χ1v) is 10.5. The van der Waals surface area contributed by atoms with E-state index in [0.29, 0.717) is 36.6 Å². The van der Waals surface area contributed by atoms with E-state index in [9.17, 15) is 9.18 Å². The highest BCUT2D eigenvalue weighted by Crippen LogP contribution is 2.26. The van der Waals surface area contributed by atoms with E-state index in [4.69, 9.17) is 22.1 Å². The van der Waals surface area contributed by atoms with Gasteiger partial charge in [-0.05, 0) is 68.6 Å². The van der Waals surface area contributed by atoms with E-state index in [1.54, 1.807) is 6.07 Å². The van der Waals surface area contributed by atoms with Crippen LogP contribution >= 0.6 is 11.6 Å². The van der Waals surface area contributed by atoms with E-state index in [0.717, 1.165) is 24.2 Å². The summed E-state index contributed by atoms with van der Waals surface area (Å²) in [5.74, 6) is -0.672. The number of benzene rings is 2.